The minimum Gasteiger partial charge on any atom is -0.445 e. The van der Waals surface area contributed by atoms with Gasteiger partial charge in [0, 0.05) is 6.42 Å². The van der Waals surface area contributed by atoms with E-state index in [0.717, 1.165) is 16.7 Å². The zero-order valence-corrected chi connectivity index (χ0v) is 17.3. The van der Waals surface area contributed by atoms with Crippen molar-refractivity contribution in [1.29, 1.82) is 0 Å². The van der Waals surface area contributed by atoms with E-state index in [2.05, 4.69) is 11.9 Å². The fourth-order valence-corrected chi connectivity index (χ4v) is 3.59. The molecule has 3 rings (SSSR count). The first-order chi connectivity index (χ1) is 15.0. The molecule has 7 nitrogen and oxygen atoms in total. The van der Waals surface area contributed by atoms with Gasteiger partial charge >= 0.3 is 6.09 Å². The Bertz CT molecular complexity index is 945. The number of benzene rings is 2. The van der Waals surface area contributed by atoms with Crippen LogP contribution in [0, 0.1) is 0 Å². The van der Waals surface area contributed by atoms with Crippen LogP contribution in [0.5, 0.6) is 0 Å². The number of primary amides is 1. The lowest BCUT2D eigenvalue weighted by atomic mass is 9.93. The lowest BCUT2D eigenvalue weighted by Crippen LogP contribution is -2.56. The fourth-order valence-electron chi connectivity index (χ4n) is 3.59. The highest BCUT2D eigenvalue weighted by molar-refractivity contribution is 5.91. The van der Waals surface area contributed by atoms with Crippen molar-refractivity contribution in [2.45, 2.75) is 44.5 Å². The van der Waals surface area contributed by atoms with Crippen LogP contribution in [-0.4, -0.2) is 34.9 Å². The normalized spacial score (nSPS) is 16.0. The third-order valence-electron chi connectivity index (χ3n) is 5.31. The molecular formula is C24H27N3O4. The highest BCUT2D eigenvalue weighted by atomic mass is 16.6. The van der Waals surface area contributed by atoms with E-state index in [-0.39, 0.29) is 13.2 Å². The van der Waals surface area contributed by atoms with Crippen LogP contribution in [0.3, 0.4) is 0 Å². The zero-order valence-electron chi connectivity index (χ0n) is 17.3. The third-order valence-corrected chi connectivity index (χ3v) is 5.31. The molecule has 0 spiro atoms. The molecule has 2 atom stereocenters. The van der Waals surface area contributed by atoms with E-state index in [1.807, 2.05) is 54.6 Å². The van der Waals surface area contributed by atoms with Gasteiger partial charge in [-0.1, -0.05) is 60.7 Å². The molecule has 1 aliphatic rings. The number of carbonyl (C=O) groups is 3. The Morgan fingerprint density at radius 2 is 1.81 bits per heavy atom. The average molecular weight is 421 g/mol. The summed E-state index contributed by atoms with van der Waals surface area (Å²) >= 11 is 0. The fraction of sp³-hybridized carbons (Fsp3) is 0.292. The second-order valence-corrected chi connectivity index (χ2v) is 7.49. The molecule has 0 unspecified atom stereocenters. The van der Waals surface area contributed by atoms with Gasteiger partial charge in [-0.05, 0) is 29.5 Å². The van der Waals surface area contributed by atoms with Gasteiger partial charge in [0.05, 0.1) is 6.54 Å². The van der Waals surface area contributed by atoms with E-state index >= 15 is 0 Å². The first-order valence-electron chi connectivity index (χ1n) is 10.2. The molecule has 1 heterocycles. The van der Waals surface area contributed by atoms with E-state index in [0.29, 0.717) is 19.3 Å². The van der Waals surface area contributed by atoms with Gasteiger partial charge < -0.3 is 15.8 Å². The first kappa shape index (κ1) is 22.1. The number of nitrogens with zero attached hydrogens (tertiary/aromatic N) is 1. The largest absolute Gasteiger partial charge is 0.445 e. The first-order valence-corrected chi connectivity index (χ1v) is 10.2. The Balaban J connectivity index is 1.77. The molecule has 7 heteroatoms. The molecule has 0 saturated heterocycles. The standard InChI is InChI=1S/C24H27N3O4/c1-2-3-13-20(22(25)28)26-23(29)21-14-18-11-7-8-12-19(18)15-27(21)24(30)31-16-17-9-5-4-6-10-17/h2,4-12,20-21H,1,3,13-16H2,(H2,25,28)(H,26,29)/t20-,21-/m0/s1. The van der Waals surface area contributed by atoms with E-state index in [1.54, 1.807) is 6.08 Å². The predicted octanol–water partition coefficient (Wildman–Crippen LogP) is 2.69. The summed E-state index contributed by atoms with van der Waals surface area (Å²) < 4.78 is 5.48. The predicted molar refractivity (Wildman–Crippen MR) is 117 cm³/mol. The molecule has 31 heavy (non-hydrogen) atoms. The topological polar surface area (TPSA) is 102 Å². The molecule has 0 saturated carbocycles. The van der Waals surface area contributed by atoms with E-state index in [9.17, 15) is 14.4 Å². The Labute approximate surface area is 181 Å². The average Bonchev–Trinajstić information content (AvgIpc) is 2.79. The quantitative estimate of drug-likeness (QED) is 0.640. The summed E-state index contributed by atoms with van der Waals surface area (Å²) in [7, 11) is 0. The minimum absolute atomic E-state index is 0.107. The van der Waals surface area contributed by atoms with Crippen LogP contribution in [0.1, 0.15) is 29.5 Å². The van der Waals surface area contributed by atoms with Crippen molar-refractivity contribution in [3.8, 4) is 0 Å². The molecule has 1 aliphatic heterocycles. The van der Waals surface area contributed by atoms with Crippen LogP contribution in [0.25, 0.3) is 0 Å². The molecule has 2 aromatic rings. The summed E-state index contributed by atoms with van der Waals surface area (Å²) in [5.74, 6) is -1.05. The van der Waals surface area contributed by atoms with Gasteiger partial charge in [-0.3, -0.25) is 14.5 Å². The van der Waals surface area contributed by atoms with Crippen molar-refractivity contribution >= 4 is 17.9 Å². The summed E-state index contributed by atoms with van der Waals surface area (Å²) in [5.41, 5.74) is 8.24. The van der Waals surface area contributed by atoms with Gasteiger partial charge in [0.25, 0.3) is 0 Å². The molecule has 3 N–H and O–H groups in total. The molecule has 2 aromatic carbocycles. The molecule has 0 aliphatic carbocycles. The summed E-state index contributed by atoms with van der Waals surface area (Å²) in [5, 5.41) is 2.70. The molecule has 3 amide bonds. The van der Waals surface area contributed by atoms with Gasteiger partial charge in [0.15, 0.2) is 0 Å². The van der Waals surface area contributed by atoms with Gasteiger partial charge in [-0.2, -0.15) is 0 Å². The number of ether oxygens (including phenoxy) is 1. The number of nitrogens with one attached hydrogen (secondary N) is 1. The highest BCUT2D eigenvalue weighted by Crippen LogP contribution is 2.24. The molecule has 162 valence electrons. The second kappa shape index (κ2) is 10.4. The number of amides is 3. The van der Waals surface area contributed by atoms with Crippen molar-refractivity contribution < 1.29 is 19.1 Å². The maximum absolute atomic E-state index is 13.1. The van der Waals surface area contributed by atoms with Gasteiger partial charge in [0.2, 0.25) is 11.8 Å². The maximum atomic E-state index is 13.1. The number of carbonyl (C=O) groups excluding carboxylic acids is 3. The second-order valence-electron chi connectivity index (χ2n) is 7.49. The van der Waals surface area contributed by atoms with E-state index < -0.39 is 30.0 Å². The van der Waals surface area contributed by atoms with Gasteiger partial charge in [-0.15, -0.1) is 6.58 Å². The summed E-state index contributed by atoms with van der Waals surface area (Å²) in [4.78, 5) is 39.2. The number of nitrogens with two attached hydrogens (primary N) is 1. The van der Waals surface area contributed by atoms with Gasteiger partial charge in [-0.25, -0.2) is 4.79 Å². The Morgan fingerprint density at radius 1 is 1.13 bits per heavy atom. The number of hydrogen-bond acceptors (Lipinski definition) is 4. The van der Waals surface area contributed by atoms with Crippen LogP contribution in [0.2, 0.25) is 0 Å². The molecule has 0 aromatic heterocycles. The van der Waals surface area contributed by atoms with Crippen LogP contribution in [-0.2, 0) is 33.9 Å². The van der Waals surface area contributed by atoms with Crippen molar-refractivity contribution in [2.24, 2.45) is 5.73 Å². The van der Waals surface area contributed by atoms with Crippen LogP contribution >= 0.6 is 0 Å². The Morgan fingerprint density at radius 3 is 2.48 bits per heavy atom. The lowest BCUT2D eigenvalue weighted by molar-refractivity contribution is -0.131. The smallest absolute Gasteiger partial charge is 0.411 e. The minimum atomic E-state index is -0.829. The van der Waals surface area contributed by atoms with Crippen LogP contribution in [0.15, 0.2) is 67.3 Å². The highest BCUT2D eigenvalue weighted by Gasteiger charge is 2.36. The van der Waals surface area contributed by atoms with Gasteiger partial charge in [0.1, 0.15) is 18.7 Å². The number of rotatable bonds is 8. The monoisotopic (exact) mass is 421 g/mol. The Hall–Kier alpha value is -3.61. The number of hydrogen-bond donors (Lipinski definition) is 2. The Kier molecular flexibility index (Phi) is 7.43. The SMILES string of the molecule is C=CCC[C@H](NC(=O)[C@@H]1Cc2ccccc2CN1C(=O)OCc1ccccc1)C(N)=O. The third kappa shape index (κ3) is 5.72. The van der Waals surface area contributed by atoms with E-state index in [4.69, 9.17) is 10.5 Å². The van der Waals surface area contributed by atoms with Crippen molar-refractivity contribution in [3.05, 3.63) is 83.9 Å². The van der Waals surface area contributed by atoms with Crippen molar-refractivity contribution in [2.75, 3.05) is 0 Å². The molecule has 0 fully saturated rings. The van der Waals surface area contributed by atoms with Crippen LogP contribution < -0.4 is 11.1 Å². The van der Waals surface area contributed by atoms with Crippen molar-refractivity contribution in [3.63, 3.8) is 0 Å². The number of allylic oxidation sites excluding steroid dienone is 1. The summed E-state index contributed by atoms with van der Waals surface area (Å²) in [6, 6.07) is 15.4. The summed E-state index contributed by atoms with van der Waals surface area (Å²) in [6.45, 7) is 3.98. The lowest BCUT2D eigenvalue weighted by Gasteiger charge is -2.35. The molecule has 0 radical (unpaired) electrons. The summed E-state index contributed by atoms with van der Waals surface area (Å²) in [6.07, 6.45) is 2.29. The van der Waals surface area contributed by atoms with Crippen LogP contribution in [0.4, 0.5) is 4.79 Å². The molecule has 0 bridgehead atoms. The van der Waals surface area contributed by atoms with E-state index in [1.165, 1.54) is 4.90 Å². The number of fused-ring (bicyclic) bond motifs is 1. The molecular weight excluding hydrogens is 394 g/mol. The zero-order chi connectivity index (χ0) is 22.2. The van der Waals surface area contributed by atoms with Crippen molar-refractivity contribution in [1.82, 2.24) is 10.2 Å². The maximum Gasteiger partial charge on any atom is 0.411 e.